The molecule has 0 unspecified atom stereocenters. The van der Waals surface area contributed by atoms with Gasteiger partial charge in [-0.25, -0.2) is 0 Å². The lowest BCUT2D eigenvalue weighted by Crippen LogP contribution is -2.32. The number of rotatable bonds is 6. The fourth-order valence-corrected chi connectivity index (χ4v) is 3.74. The molecule has 0 aromatic carbocycles. The molecule has 1 fully saturated rings. The lowest BCUT2D eigenvalue weighted by molar-refractivity contribution is 0.100. The van der Waals surface area contributed by atoms with E-state index in [-0.39, 0.29) is 5.91 Å². The molecule has 0 aliphatic heterocycles. The Bertz CT molecular complexity index is 408. The van der Waals surface area contributed by atoms with E-state index < -0.39 is 0 Å². The van der Waals surface area contributed by atoms with Crippen molar-refractivity contribution in [3.63, 3.8) is 0 Å². The second-order valence-electron chi connectivity index (χ2n) is 5.55. The minimum atomic E-state index is -0.331. The Hall–Kier alpha value is -0.870. The van der Waals surface area contributed by atoms with Crippen molar-refractivity contribution in [1.29, 1.82) is 0 Å². The van der Waals surface area contributed by atoms with E-state index in [2.05, 4.69) is 12.2 Å². The summed E-state index contributed by atoms with van der Waals surface area (Å²) in [5.41, 5.74) is 5.89. The smallest absolute Gasteiger partial charge is 0.249 e. The summed E-state index contributed by atoms with van der Waals surface area (Å²) in [4.78, 5) is 12.2. The molecule has 0 saturated heterocycles. The predicted octanol–water partition coefficient (Wildman–Crippen LogP) is 3.30. The molecule has 0 bridgehead atoms. The zero-order chi connectivity index (χ0) is 13.7. The molecule has 1 amide bonds. The Labute approximate surface area is 119 Å². The van der Waals surface area contributed by atoms with Gasteiger partial charge in [-0.05, 0) is 37.7 Å². The lowest BCUT2D eigenvalue weighted by Gasteiger charge is -2.28. The molecule has 1 aromatic heterocycles. The van der Waals surface area contributed by atoms with E-state index in [4.69, 9.17) is 5.73 Å². The maximum atomic E-state index is 11.0. The fraction of sp³-hybridized carbons (Fsp3) is 0.667. The van der Waals surface area contributed by atoms with Gasteiger partial charge < -0.3 is 11.1 Å². The van der Waals surface area contributed by atoms with Crippen LogP contribution in [0.5, 0.6) is 0 Å². The number of hydrogen-bond acceptors (Lipinski definition) is 3. The SMILES string of the molecule is CCCC1CCC(NCc2cc(C(N)=O)cs2)CC1. The molecular formula is C15H24N2OS. The van der Waals surface area contributed by atoms with Gasteiger partial charge in [0.15, 0.2) is 0 Å². The van der Waals surface area contributed by atoms with Gasteiger partial charge >= 0.3 is 0 Å². The zero-order valence-corrected chi connectivity index (χ0v) is 12.5. The van der Waals surface area contributed by atoms with Gasteiger partial charge in [0.25, 0.3) is 0 Å². The van der Waals surface area contributed by atoms with Crippen LogP contribution in [0.15, 0.2) is 11.4 Å². The molecule has 1 aliphatic rings. The molecule has 106 valence electrons. The highest BCUT2D eigenvalue weighted by Crippen LogP contribution is 2.28. The molecule has 1 saturated carbocycles. The first-order valence-corrected chi connectivity index (χ1v) is 8.17. The van der Waals surface area contributed by atoms with Crippen molar-refractivity contribution in [2.24, 2.45) is 11.7 Å². The Morgan fingerprint density at radius 3 is 2.74 bits per heavy atom. The molecule has 1 heterocycles. The molecule has 1 aromatic rings. The van der Waals surface area contributed by atoms with Crippen LogP contribution in [0.1, 0.15) is 60.7 Å². The minimum absolute atomic E-state index is 0.331. The van der Waals surface area contributed by atoms with Crippen molar-refractivity contribution in [2.75, 3.05) is 0 Å². The number of primary amides is 1. The molecular weight excluding hydrogens is 256 g/mol. The summed E-state index contributed by atoms with van der Waals surface area (Å²) in [5, 5.41) is 5.46. The first-order chi connectivity index (χ1) is 9.19. The topological polar surface area (TPSA) is 55.1 Å². The average Bonchev–Trinajstić information content (AvgIpc) is 2.87. The lowest BCUT2D eigenvalue weighted by atomic mass is 9.83. The fourth-order valence-electron chi connectivity index (χ4n) is 2.91. The largest absolute Gasteiger partial charge is 0.366 e. The van der Waals surface area contributed by atoms with E-state index in [9.17, 15) is 4.79 Å². The Morgan fingerprint density at radius 1 is 1.42 bits per heavy atom. The summed E-state index contributed by atoms with van der Waals surface area (Å²) in [6, 6.07) is 2.55. The summed E-state index contributed by atoms with van der Waals surface area (Å²) in [7, 11) is 0. The predicted molar refractivity (Wildman–Crippen MR) is 80.3 cm³/mol. The molecule has 3 N–H and O–H groups in total. The number of nitrogens with one attached hydrogen (secondary N) is 1. The molecule has 1 aliphatic carbocycles. The highest BCUT2D eigenvalue weighted by molar-refractivity contribution is 7.10. The number of thiophene rings is 1. The Balaban J connectivity index is 1.72. The second-order valence-corrected chi connectivity index (χ2v) is 6.55. The monoisotopic (exact) mass is 280 g/mol. The Kier molecular flexibility index (Phi) is 5.40. The molecule has 2 rings (SSSR count). The third-order valence-corrected chi connectivity index (χ3v) is 4.98. The third-order valence-electron chi connectivity index (χ3n) is 4.05. The Morgan fingerprint density at radius 2 is 2.16 bits per heavy atom. The second kappa shape index (κ2) is 7.06. The average molecular weight is 280 g/mol. The number of amides is 1. The van der Waals surface area contributed by atoms with Crippen molar-refractivity contribution in [1.82, 2.24) is 5.32 Å². The van der Waals surface area contributed by atoms with Gasteiger partial charge in [0.1, 0.15) is 0 Å². The third kappa shape index (κ3) is 4.32. The van der Waals surface area contributed by atoms with E-state index in [1.165, 1.54) is 43.4 Å². The molecule has 0 radical (unpaired) electrons. The number of nitrogens with two attached hydrogens (primary N) is 1. The van der Waals surface area contributed by atoms with E-state index >= 15 is 0 Å². The minimum Gasteiger partial charge on any atom is -0.366 e. The highest BCUT2D eigenvalue weighted by Gasteiger charge is 2.20. The zero-order valence-electron chi connectivity index (χ0n) is 11.7. The van der Waals surface area contributed by atoms with Crippen molar-refractivity contribution in [2.45, 2.75) is 58.0 Å². The van der Waals surface area contributed by atoms with E-state index in [1.54, 1.807) is 11.3 Å². The normalized spacial score (nSPS) is 23.4. The maximum Gasteiger partial charge on any atom is 0.249 e. The van der Waals surface area contributed by atoms with Crippen LogP contribution in [0.25, 0.3) is 0 Å². The van der Waals surface area contributed by atoms with Crippen LogP contribution in [0.3, 0.4) is 0 Å². The van der Waals surface area contributed by atoms with Crippen LogP contribution in [-0.2, 0) is 6.54 Å². The summed E-state index contributed by atoms with van der Waals surface area (Å²) >= 11 is 1.61. The van der Waals surface area contributed by atoms with Gasteiger partial charge in [-0.3, -0.25) is 4.79 Å². The maximum absolute atomic E-state index is 11.0. The first-order valence-electron chi connectivity index (χ1n) is 7.29. The van der Waals surface area contributed by atoms with Gasteiger partial charge in [0, 0.05) is 22.8 Å². The van der Waals surface area contributed by atoms with Crippen LogP contribution in [0.2, 0.25) is 0 Å². The van der Waals surface area contributed by atoms with Crippen LogP contribution in [0, 0.1) is 5.92 Å². The standard InChI is InChI=1S/C15H24N2OS/c1-2-3-11-4-6-13(7-5-11)17-9-14-8-12(10-19-14)15(16)18/h8,10-11,13,17H,2-7,9H2,1H3,(H2,16,18). The van der Waals surface area contributed by atoms with E-state index in [1.807, 2.05) is 11.4 Å². The van der Waals surface area contributed by atoms with Crippen molar-refractivity contribution >= 4 is 17.2 Å². The van der Waals surface area contributed by atoms with Crippen LogP contribution >= 0.6 is 11.3 Å². The van der Waals surface area contributed by atoms with Gasteiger partial charge in [0.05, 0.1) is 5.56 Å². The van der Waals surface area contributed by atoms with Crippen molar-refractivity contribution in [3.8, 4) is 0 Å². The molecule has 4 heteroatoms. The first kappa shape index (κ1) is 14.5. The number of carbonyl (C=O) groups excluding carboxylic acids is 1. The van der Waals surface area contributed by atoms with E-state index in [0.29, 0.717) is 11.6 Å². The van der Waals surface area contributed by atoms with E-state index in [0.717, 1.165) is 12.5 Å². The summed E-state index contributed by atoms with van der Waals surface area (Å²) in [6.45, 7) is 3.14. The van der Waals surface area contributed by atoms with Crippen LogP contribution in [-0.4, -0.2) is 11.9 Å². The van der Waals surface area contributed by atoms with Gasteiger partial charge in [-0.15, -0.1) is 11.3 Å². The van der Waals surface area contributed by atoms with Gasteiger partial charge in [-0.2, -0.15) is 0 Å². The molecule has 3 nitrogen and oxygen atoms in total. The summed E-state index contributed by atoms with van der Waals surface area (Å²) in [5.74, 6) is 0.619. The van der Waals surface area contributed by atoms with Crippen molar-refractivity contribution < 1.29 is 4.79 Å². The van der Waals surface area contributed by atoms with Crippen molar-refractivity contribution in [3.05, 3.63) is 21.9 Å². The molecule has 0 atom stereocenters. The summed E-state index contributed by atoms with van der Waals surface area (Å²) in [6.07, 6.45) is 8.01. The number of hydrogen-bond donors (Lipinski definition) is 2. The van der Waals surface area contributed by atoms with Crippen LogP contribution in [0.4, 0.5) is 0 Å². The van der Waals surface area contributed by atoms with Gasteiger partial charge in [-0.1, -0.05) is 19.8 Å². The molecule has 19 heavy (non-hydrogen) atoms. The molecule has 0 spiro atoms. The summed E-state index contributed by atoms with van der Waals surface area (Å²) < 4.78 is 0. The van der Waals surface area contributed by atoms with Crippen LogP contribution < -0.4 is 11.1 Å². The highest BCUT2D eigenvalue weighted by atomic mass is 32.1. The quantitative estimate of drug-likeness (QED) is 0.840. The number of carbonyl (C=O) groups is 1. The van der Waals surface area contributed by atoms with Gasteiger partial charge in [0.2, 0.25) is 5.91 Å².